The number of nitrogens with zero attached hydrogens (tertiary/aromatic N) is 5. The first-order valence-corrected chi connectivity index (χ1v) is 21.3. The standard InChI is InChI=1S/C57H37N5/c1-4-19-36(20-5-1)55-58-56(37-21-6-2-7-22-37)60-57(59-55)38-23-18-26-40(35-38)62-48-34-17-15-32-46(48)51-52-49(42-28-11-13-30-44(42)54(51)62)41-27-10-12-29-43(41)53-50(52)45-31-14-16-33-47(45)61(53)39-24-8-3-9-25-39/h1-35,41,49H. The molecule has 3 heterocycles. The van der Waals surface area contributed by atoms with Crippen molar-refractivity contribution < 1.29 is 0 Å². The summed E-state index contributed by atoms with van der Waals surface area (Å²) in [7, 11) is 0. The van der Waals surface area contributed by atoms with Crippen LogP contribution < -0.4 is 10.6 Å². The summed E-state index contributed by atoms with van der Waals surface area (Å²) in [5, 5.41) is 5.10. The summed E-state index contributed by atoms with van der Waals surface area (Å²) in [6, 6.07) is 67.0. The monoisotopic (exact) mass is 791 g/mol. The van der Waals surface area contributed by atoms with E-state index in [0.29, 0.717) is 17.5 Å². The third-order valence-corrected chi connectivity index (χ3v) is 12.9. The van der Waals surface area contributed by atoms with Crippen molar-refractivity contribution in [2.24, 2.45) is 5.92 Å². The van der Waals surface area contributed by atoms with E-state index in [0.717, 1.165) is 33.6 Å². The van der Waals surface area contributed by atoms with Gasteiger partial charge in [0.2, 0.25) is 0 Å². The van der Waals surface area contributed by atoms with Gasteiger partial charge in [0.1, 0.15) is 0 Å². The van der Waals surface area contributed by atoms with Crippen LogP contribution in [0.1, 0.15) is 17.0 Å². The summed E-state index contributed by atoms with van der Waals surface area (Å²) >= 11 is 0. The van der Waals surface area contributed by atoms with Crippen molar-refractivity contribution in [3.8, 4) is 56.8 Å². The molecule has 3 aliphatic rings. The highest BCUT2D eigenvalue weighted by molar-refractivity contribution is 6.08. The Morgan fingerprint density at radius 2 is 1.02 bits per heavy atom. The molecule has 3 aromatic heterocycles. The zero-order valence-corrected chi connectivity index (χ0v) is 33.6. The van der Waals surface area contributed by atoms with Gasteiger partial charge in [0.05, 0.1) is 22.1 Å². The first kappa shape index (κ1) is 34.7. The summed E-state index contributed by atoms with van der Waals surface area (Å²) < 4.78 is 4.99. The molecule has 7 aromatic carbocycles. The van der Waals surface area contributed by atoms with Gasteiger partial charge in [-0.15, -0.1) is 0 Å². The maximum absolute atomic E-state index is 5.13. The number of para-hydroxylation sites is 3. The lowest BCUT2D eigenvalue weighted by molar-refractivity contribution is 0.715. The number of fused-ring (bicyclic) bond motifs is 13. The third kappa shape index (κ3) is 5.12. The summed E-state index contributed by atoms with van der Waals surface area (Å²) in [5.74, 6) is 2.18. The lowest BCUT2D eigenvalue weighted by Gasteiger charge is -2.38. The quantitative estimate of drug-likeness (QED) is 0.174. The molecule has 2 atom stereocenters. The Morgan fingerprint density at radius 3 is 1.74 bits per heavy atom. The maximum atomic E-state index is 5.13. The average Bonchev–Trinajstić information content (AvgIpc) is 3.89. The van der Waals surface area contributed by atoms with Crippen LogP contribution in [-0.2, 0) is 0 Å². The number of rotatable bonds is 5. The second kappa shape index (κ2) is 13.7. The van der Waals surface area contributed by atoms with Gasteiger partial charge in [-0.3, -0.25) is 0 Å². The fourth-order valence-electron chi connectivity index (χ4n) is 10.4. The zero-order valence-electron chi connectivity index (χ0n) is 33.6. The fourth-order valence-corrected chi connectivity index (χ4v) is 10.4. The predicted octanol–water partition coefficient (Wildman–Crippen LogP) is 11.6. The molecule has 290 valence electrons. The molecule has 0 aliphatic heterocycles. The SMILES string of the molecule is C1=CC2=c3c(c4ccccc4n3-c3ccccc3)=C3c4c(n(-c5cccc(-c6nc(-c7ccccc7)nc(-c7ccccc7)n6)c5)c5ccccc45)-c4ccccc4C3C2C=C1. The van der Waals surface area contributed by atoms with Gasteiger partial charge in [-0.25, -0.2) is 15.0 Å². The molecular weight excluding hydrogens is 755 g/mol. The van der Waals surface area contributed by atoms with Crippen LogP contribution in [0.25, 0.3) is 89.7 Å². The lowest BCUT2D eigenvalue weighted by atomic mass is 9.65. The Labute approximate surface area is 358 Å². The minimum Gasteiger partial charge on any atom is -0.309 e. The highest BCUT2D eigenvalue weighted by Crippen LogP contribution is 2.55. The third-order valence-electron chi connectivity index (χ3n) is 12.9. The van der Waals surface area contributed by atoms with E-state index >= 15 is 0 Å². The van der Waals surface area contributed by atoms with Gasteiger partial charge in [0, 0.05) is 67.0 Å². The highest BCUT2D eigenvalue weighted by atomic mass is 15.0. The van der Waals surface area contributed by atoms with E-state index < -0.39 is 0 Å². The molecule has 0 fully saturated rings. The van der Waals surface area contributed by atoms with Crippen molar-refractivity contribution in [2.45, 2.75) is 5.92 Å². The molecule has 0 N–H and O–H groups in total. The van der Waals surface area contributed by atoms with E-state index in [1.807, 2.05) is 36.4 Å². The van der Waals surface area contributed by atoms with E-state index in [1.54, 1.807) is 0 Å². The van der Waals surface area contributed by atoms with E-state index in [-0.39, 0.29) is 11.8 Å². The fraction of sp³-hybridized carbons (Fsp3) is 0.0351. The average molecular weight is 792 g/mol. The van der Waals surface area contributed by atoms with Crippen molar-refractivity contribution in [3.63, 3.8) is 0 Å². The van der Waals surface area contributed by atoms with Crippen LogP contribution in [0.3, 0.4) is 0 Å². The Kier molecular flexibility index (Phi) is 7.66. The van der Waals surface area contributed by atoms with Crippen molar-refractivity contribution in [2.75, 3.05) is 0 Å². The molecule has 0 radical (unpaired) electrons. The van der Waals surface area contributed by atoms with Crippen LogP contribution in [0.15, 0.2) is 212 Å². The van der Waals surface area contributed by atoms with E-state index in [2.05, 4.69) is 185 Å². The molecular formula is C57H37N5. The molecule has 0 bridgehead atoms. The van der Waals surface area contributed by atoms with Crippen molar-refractivity contribution in [1.29, 1.82) is 0 Å². The van der Waals surface area contributed by atoms with E-state index in [4.69, 9.17) is 15.0 Å². The van der Waals surface area contributed by atoms with Gasteiger partial charge < -0.3 is 9.13 Å². The van der Waals surface area contributed by atoms with Crippen molar-refractivity contribution in [1.82, 2.24) is 24.1 Å². The zero-order chi connectivity index (χ0) is 40.7. The molecule has 5 nitrogen and oxygen atoms in total. The Balaban J connectivity index is 1.13. The minimum absolute atomic E-state index is 0.112. The lowest BCUT2D eigenvalue weighted by Crippen LogP contribution is -2.42. The second-order valence-corrected chi connectivity index (χ2v) is 16.3. The first-order valence-electron chi connectivity index (χ1n) is 21.3. The summed E-state index contributed by atoms with van der Waals surface area (Å²) in [5.41, 5.74) is 15.2. The Bertz CT molecular complexity index is 3570. The number of hydrogen-bond donors (Lipinski definition) is 0. The topological polar surface area (TPSA) is 48.5 Å². The van der Waals surface area contributed by atoms with Gasteiger partial charge in [-0.05, 0) is 53.1 Å². The molecule has 62 heavy (non-hydrogen) atoms. The second-order valence-electron chi connectivity index (χ2n) is 16.3. The van der Waals surface area contributed by atoms with Gasteiger partial charge >= 0.3 is 0 Å². The Morgan fingerprint density at radius 1 is 0.452 bits per heavy atom. The smallest absolute Gasteiger partial charge is 0.164 e. The molecule has 0 amide bonds. The van der Waals surface area contributed by atoms with Gasteiger partial charge in [-0.1, -0.05) is 176 Å². The predicted molar refractivity (Wildman–Crippen MR) is 251 cm³/mol. The number of benzene rings is 7. The molecule has 0 saturated carbocycles. The normalized spacial score (nSPS) is 15.9. The van der Waals surface area contributed by atoms with Crippen molar-refractivity contribution >= 4 is 33.0 Å². The van der Waals surface area contributed by atoms with Crippen LogP contribution in [0, 0.1) is 5.92 Å². The van der Waals surface area contributed by atoms with E-state index in [9.17, 15) is 0 Å². The minimum atomic E-state index is 0.112. The van der Waals surface area contributed by atoms with Crippen LogP contribution >= 0.6 is 0 Å². The van der Waals surface area contributed by atoms with Crippen LogP contribution in [0.4, 0.5) is 0 Å². The Hall–Kier alpha value is -8.15. The molecule has 0 saturated heterocycles. The molecule has 2 unspecified atom stereocenters. The van der Waals surface area contributed by atoms with Crippen LogP contribution in [0.2, 0.25) is 0 Å². The van der Waals surface area contributed by atoms with Gasteiger partial charge in [0.15, 0.2) is 17.5 Å². The number of aromatic nitrogens is 5. The van der Waals surface area contributed by atoms with Crippen LogP contribution in [-0.4, -0.2) is 24.1 Å². The number of allylic oxidation sites excluding steroid dienone is 4. The van der Waals surface area contributed by atoms with Crippen LogP contribution in [0.5, 0.6) is 0 Å². The summed E-state index contributed by atoms with van der Waals surface area (Å²) in [6.07, 6.45) is 9.25. The highest BCUT2D eigenvalue weighted by Gasteiger charge is 2.42. The van der Waals surface area contributed by atoms with Gasteiger partial charge in [-0.2, -0.15) is 0 Å². The summed E-state index contributed by atoms with van der Waals surface area (Å²) in [4.78, 5) is 15.2. The molecule has 10 aromatic rings. The largest absolute Gasteiger partial charge is 0.309 e. The van der Waals surface area contributed by atoms with Crippen molar-refractivity contribution in [3.05, 3.63) is 234 Å². The van der Waals surface area contributed by atoms with Gasteiger partial charge in [0.25, 0.3) is 0 Å². The first-order chi connectivity index (χ1) is 30.8. The molecule has 0 spiro atoms. The number of hydrogen-bond acceptors (Lipinski definition) is 3. The maximum Gasteiger partial charge on any atom is 0.164 e. The van der Waals surface area contributed by atoms with E-state index in [1.165, 1.54) is 60.4 Å². The molecule has 5 heteroatoms. The molecule has 3 aliphatic carbocycles. The summed E-state index contributed by atoms with van der Waals surface area (Å²) in [6.45, 7) is 0. The molecule has 13 rings (SSSR count).